The molecule has 0 amide bonds. The highest BCUT2D eigenvalue weighted by Crippen LogP contribution is 1.99. The molecule has 17 heavy (non-hydrogen) atoms. The highest BCUT2D eigenvalue weighted by Gasteiger charge is 1.98. The quantitative estimate of drug-likeness (QED) is 0.343. The average molecular weight is 235 g/mol. The Morgan fingerprint density at radius 1 is 1.41 bits per heavy atom. The van der Waals surface area contributed by atoms with Gasteiger partial charge in [-0.25, -0.2) is 0 Å². The van der Waals surface area contributed by atoms with E-state index in [9.17, 15) is 0 Å². The first-order valence-electron chi connectivity index (χ1n) is 5.95. The summed E-state index contributed by atoms with van der Waals surface area (Å²) in [7, 11) is 1.78. The molecule has 0 saturated carbocycles. The van der Waals surface area contributed by atoms with Gasteiger partial charge in [-0.15, -0.1) is 0 Å². The van der Waals surface area contributed by atoms with Crippen LogP contribution in [-0.4, -0.2) is 26.1 Å². The van der Waals surface area contributed by atoms with Crippen LogP contribution in [0.1, 0.15) is 19.1 Å². The van der Waals surface area contributed by atoms with Crippen molar-refractivity contribution in [1.29, 1.82) is 0 Å². The molecule has 0 fully saturated rings. The molecule has 1 rings (SSSR count). The minimum Gasteiger partial charge on any atom is -0.469 e. The van der Waals surface area contributed by atoms with Crippen LogP contribution in [0.15, 0.2) is 40.0 Å². The summed E-state index contributed by atoms with van der Waals surface area (Å²) in [6, 6.07) is 3.88. The Labute approximate surface area is 103 Å². The fourth-order valence-electron chi connectivity index (χ4n) is 1.42. The van der Waals surface area contributed by atoms with Crippen molar-refractivity contribution in [3.05, 3.63) is 36.3 Å². The van der Waals surface area contributed by atoms with Gasteiger partial charge in [0.05, 0.1) is 6.26 Å². The Hall–Kier alpha value is -1.71. The molecule has 94 valence electrons. The molecule has 1 heterocycles. The Balaban J connectivity index is 2.14. The number of nitrogens with zero attached hydrogens (tertiary/aromatic N) is 1. The summed E-state index contributed by atoms with van der Waals surface area (Å²) in [5, 5.41) is 6.48. The third-order valence-corrected chi connectivity index (χ3v) is 2.31. The van der Waals surface area contributed by atoms with Gasteiger partial charge in [0.1, 0.15) is 5.76 Å². The van der Waals surface area contributed by atoms with Crippen LogP contribution in [0.5, 0.6) is 0 Å². The van der Waals surface area contributed by atoms with Crippen molar-refractivity contribution in [3.8, 4) is 0 Å². The molecule has 0 aliphatic rings. The minimum absolute atomic E-state index is 0.816. The summed E-state index contributed by atoms with van der Waals surface area (Å²) in [5.41, 5.74) is 0. The van der Waals surface area contributed by atoms with Gasteiger partial charge in [-0.05, 0) is 25.5 Å². The van der Waals surface area contributed by atoms with E-state index < -0.39 is 0 Å². The van der Waals surface area contributed by atoms with Crippen LogP contribution < -0.4 is 10.6 Å². The molecule has 1 aromatic heterocycles. The number of rotatable bonds is 6. The Bertz CT molecular complexity index is 342. The SMILES string of the molecule is CC=CCCNC(=NC)NCCc1ccco1. The monoisotopic (exact) mass is 235 g/mol. The maximum atomic E-state index is 5.25. The second kappa shape index (κ2) is 8.44. The number of allylic oxidation sites excluding steroid dienone is 1. The smallest absolute Gasteiger partial charge is 0.191 e. The second-order valence-electron chi connectivity index (χ2n) is 3.61. The van der Waals surface area contributed by atoms with Gasteiger partial charge in [0, 0.05) is 26.6 Å². The molecule has 1 aromatic rings. The van der Waals surface area contributed by atoms with Crippen LogP contribution in [0.25, 0.3) is 0 Å². The highest BCUT2D eigenvalue weighted by molar-refractivity contribution is 5.79. The Morgan fingerprint density at radius 2 is 2.24 bits per heavy atom. The summed E-state index contributed by atoms with van der Waals surface area (Å²) >= 11 is 0. The summed E-state index contributed by atoms with van der Waals surface area (Å²) in [5.74, 6) is 1.82. The molecule has 0 bridgehead atoms. The van der Waals surface area contributed by atoms with Gasteiger partial charge >= 0.3 is 0 Å². The van der Waals surface area contributed by atoms with Crippen molar-refractivity contribution < 1.29 is 4.42 Å². The first-order chi connectivity index (χ1) is 8.36. The topological polar surface area (TPSA) is 49.6 Å². The average Bonchev–Trinajstić information content (AvgIpc) is 2.85. The van der Waals surface area contributed by atoms with Gasteiger partial charge in [0.15, 0.2) is 5.96 Å². The van der Waals surface area contributed by atoms with E-state index in [0.717, 1.165) is 37.7 Å². The molecular formula is C13H21N3O. The zero-order chi connectivity index (χ0) is 12.3. The van der Waals surface area contributed by atoms with Crippen molar-refractivity contribution in [1.82, 2.24) is 10.6 Å². The lowest BCUT2D eigenvalue weighted by Gasteiger charge is -2.10. The summed E-state index contributed by atoms with van der Waals surface area (Å²) < 4.78 is 5.25. The number of furan rings is 1. The molecule has 0 unspecified atom stereocenters. The molecule has 0 saturated heterocycles. The molecule has 0 spiro atoms. The number of hydrogen-bond acceptors (Lipinski definition) is 2. The molecule has 4 heteroatoms. The zero-order valence-corrected chi connectivity index (χ0v) is 10.6. The van der Waals surface area contributed by atoms with E-state index in [-0.39, 0.29) is 0 Å². The number of hydrogen-bond donors (Lipinski definition) is 2. The number of guanidine groups is 1. The third-order valence-electron chi connectivity index (χ3n) is 2.31. The van der Waals surface area contributed by atoms with Crippen molar-refractivity contribution in [2.24, 2.45) is 4.99 Å². The summed E-state index contributed by atoms with van der Waals surface area (Å²) in [6.45, 7) is 3.73. The van der Waals surface area contributed by atoms with E-state index in [1.807, 2.05) is 19.1 Å². The fourth-order valence-corrected chi connectivity index (χ4v) is 1.42. The molecule has 0 radical (unpaired) electrons. The second-order valence-corrected chi connectivity index (χ2v) is 3.61. The predicted molar refractivity (Wildman–Crippen MR) is 71.2 cm³/mol. The lowest BCUT2D eigenvalue weighted by Crippen LogP contribution is -2.38. The lowest BCUT2D eigenvalue weighted by atomic mass is 10.3. The fraction of sp³-hybridized carbons (Fsp3) is 0.462. The molecule has 2 N–H and O–H groups in total. The van der Waals surface area contributed by atoms with Crippen molar-refractivity contribution >= 4 is 5.96 Å². The van der Waals surface area contributed by atoms with Crippen molar-refractivity contribution in [2.75, 3.05) is 20.1 Å². The molecule has 0 aromatic carbocycles. The van der Waals surface area contributed by atoms with Crippen molar-refractivity contribution in [2.45, 2.75) is 19.8 Å². The Morgan fingerprint density at radius 3 is 2.88 bits per heavy atom. The van der Waals surface area contributed by atoms with Crippen LogP contribution in [0, 0.1) is 0 Å². The highest BCUT2D eigenvalue weighted by atomic mass is 16.3. The predicted octanol–water partition coefficient (Wildman–Crippen LogP) is 1.95. The minimum atomic E-state index is 0.816. The summed E-state index contributed by atoms with van der Waals surface area (Å²) in [6.07, 6.45) is 7.75. The van der Waals surface area contributed by atoms with Crippen LogP contribution in [0.4, 0.5) is 0 Å². The first kappa shape index (κ1) is 13.4. The zero-order valence-electron chi connectivity index (χ0n) is 10.6. The van der Waals surface area contributed by atoms with Crippen LogP contribution in [-0.2, 0) is 6.42 Å². The van der Waals surface area contributed by atoms with Gasteiger partial charge in [-0.3, -0.25) is 4.99 Å². The first-order valence-corrected chi connectivity index (χ1v) is 5.95. The van der Waals surface area contributed by atoms with Gasteiger partial charge in [0.25, 0.3) is 0 Å². The van der Waals surface area contributed by atoms with Crippen LogP contribution in [0.2, 0.25) is 0 Å². The Kier molecular flexibility index (Phi) is 6.63. The molecule has 4 nitrogen and oxygen atoms in total. The maximum Gasteiger partial charge on any atom is 0.191 e. The third kappa shape index (κ3) is 5.80. The van der Waals surface area contributed by atoms with E-state index in [0.29, 0.717) is 0 Å². The lowest BCUT2D eigenvalue weighted by molar-refractivity contribution is 0.507. The molecule has 0 aliphatic carbocycles. The summed E-state index contributed by atoms with van der Waals surface area (Å²) in [4.78, 5) is 4.14. The number of nitrogens with one attached hydrogen (secondary N) is 2. The van der Waals surface area contributed by atoms with Gasteiger partial charge < -0.3 is 15.1 Å². The van der Waals surface area contributed by atoms with Gasteiger partial charge in [-0.2, -0.15) is 0 Å². The molecule has 0 aliphatic heterocycles. The standard InChI is InChI=1S/C13H21N3O/c1-3-4-5-9-15-13(14-2)16-10-8-12-7-6-11-17-12/h3-4,6-7,11H,5,8-10H2,1-2H3,(H2,14,15,16). The van der Waals surface area contributed by atoms with E-state index in [2.05, 4.69) is 27.8 Å². The normalized spacial score (nSPS) is 12.0. The van der Waals surface area contributed by atoms with Crippen LogP contribution >= 0.6 is 0 Å². The van der Waals surface area contributed by atoms with E-state index in [1.54, 1.807) is 13.3 Å². The van der Waals surface area contributed by atoms with E-state index in [4.69, 9.17) is 4.42 Å². The van der Waals surface area contributed by atoms with Gasteiger partial charge in [-0.1, -0.05) is 12.2 Å². The van der Waals surface area contributed by atoms with Crippen molar-refractivity contribution in [3.63, 3.8) is 0 Å². The van der Waals surface area contributed by atoms with E-state index in [1.165, 1.54) is 0 Å². The van der Waals surface area contributed by atoms with Gasteiger partial charge in [0.2, 0.25) is 0 Å². The molecule has 0 atom stereocenters. The maximum absolute atomic E-state index is 5.25. The molecular weight excluding hydrogens is 214 g/mol. The largest absolute Gasteiger partial charge is 0.469 e. The number of aliphatic imine (C=N–C) groups is 1. The van der Waals surface area contributed by atoms with E-state index >= 15 is 0 Å². The van der Waals surface area contributed by atoms with Crippen LogP contribution in [0.3, 0.4) is 0 Å².